The maximum atomic E-state index is 12.0. The summed E-state index contributed by atoms with van der Waals surface area (Å²) in [4.78, 5) is 0. The normalized spacial score (nSPS) is 19.2. The molecule has 0 aliphatic carbocycles. The van der Waals surface area contributed by atoms with Crippen molar-refractivity contribution in [1.29, 1.82) is 5.26 Å². The number of hydrogen-bond donors (Lipinski definition) is 1. The molecule has 0 aromatic carbocycles. The molecule has 1 N–H and O–H groups in total. The zero-order chi connectivity index (χ0) is 13.7. The van der Waals surface area contributed by atoms with E-state index in [1.54, 1.807) is 6.92 Å². The second-order valence-corrected chi connectivity index (χ2v) is 4.37. The van der Waals surface area contributed by atoms with E-state index in [1.165, 1.54) is 13.8 Å². The lowest BCUT2D eigenvalue weighted by Gasteiger charge is -2.28. The van der Waals surface area contributed by atoms with Crippen LogP contribution in [-0.2, 0) is 4.74 Å². The van der Waals surface area contributed by atoms with Gasteiger partial charge >= 0.3 is 6.18 Å². The minimum absolute atomic E-state index is 0.0138. The van der Waals surface area contributed by atoms with Crippen molar-refractivity contribution in [3.63, 3.8) is 0 Å². The lowest BCUT2D eigenvalue weighted by Crippen LogP contribution is -2.36. The number of ether oxygens (including phenoxy) is 1. The van der Waals surface area contributed by atoms with Crippen molar-refractivity contribution in [2.24, 2.45) is 0 Å². The molecule has 0 aromatic heterocycles. The summed E-state index contributed by atoms with van der Waals surface area (Å²) in [6.45, 7) is 4.50. The summed E-state index contributed by atoms with van der Waals surface area (Å²) in [7, 11) is 0. The average molecular weight is 253 g/mol. The first kappa shape index (κ1) is 16.2. The van der Waals surface area contributed by atoms with Gasteiger partial charge in [0.1, 0.15) is 0 Å². The van der Waals surface area contributed by atoms with Gasteiger partial charge in [0.2, 0.25) is 0 Å². The van der Waals surface area contributed by atoms with Gasteiger partial charge in [0.15, 0.2) is 5.60 Å². The van der Waals surface area contributed by atoms with Gasteiger partial charge in [-0.15, -0.1) is 0 Å². The summed E-state index contributed by atoms with van der Waals surface area (Å²) in [5.74, 6) is 0. The lowest BCUT2D eigenvalue weighted by molar-refractivity contribution is -0.140. The lowest BCUT2D eigenvalue weighted by atomic mass is 9.99. The summed E-state index contributed by atoms with van der Waals surface area (Å²) in [5.41, 5.74) is -1.29. The van der Waals surface area contributed by atoms with Gasteiger partial charge in [-0.05, 0) is 33.6 Å². The van der Waals surface area contributed by atoms with Gasteiger partial charge in [-0.2, -0.15) is 18.4 Å². The second-order valence-electron chi connectivity index (χ2n) is 4.37. The predicted octanol–water partition coefficient (Wildman–Crippen LogP) is 2.79. The van der Waals surface area contributed by atoms with E-state index in [4.69, 9.17) is 10.00 Å². The van der Waals surface area contributed by atoms with Crippen molar-refractivity contribution >= 4 is 0 Å². The van der Waals surface area contributed by atoms with Crippen LogP contribution in [0.15, 0.2) is 0 Å². The van der Waals surface area contributed by atoms with Crippen LogP contribution in [0.3, 0.4) is 0 Å². The van der Waals surface area contributed by atoms with Crippen LogP contribution in [0.5, 0.6) is 0 Å². The molecule has 0 amide bonds. The van der Waals surface area contributed by atoms with Crippen LogP contribution in [0.4, 0.5) is 13.2 Å². The van der Waals surface area contributed by atoms with Gasteiger partial charge in [0.25, 0.3) is 0 Å². The summed E-state index contributed by atoms with van der Waals surface area (Å²) >= 11 is 0. The molecular weight excluding hydrogens is 235 g/mol. The smallest absolute Gasteiger partial charge is 0.389 e. The molecular formula is C11H18F3NO2. The zero-order valence-electron chi connectivity index (χ0n) is 10.2. The molecule has 0 heterocycles. The van der Waals surface area contributed by atoms with E-state index in [0.717, 1.165) is 0 Å². The van der Waals surface area contributed by atoms with E-state index in [-0.39, 0.29) is 12.8 Å². The molecule has 0 aliphatic heterocycles. The van der Waals surface area contributed by atoms with Gasteiger partial charge in [0, 0.05) is 6.42 Å². The number of nitrogens with zero attached hydrogens (tertiary/aromatic N) is 1. The topological polar surface area (TPSA) is 53.2 Å². The number of alkyl halides is 3. The van der Waals surface area contributed by atoms with Gasteiger partial charge in [-0.25, -0.2) is 0 Å². The molecule has 3 unspecified atom stereocenters. The van der Waals surface area contributed by atoms with Crippen LogP contribution in [0, 0.1) is 11.3 Å². The molecule has 0 rings (SSSR count). The number of rotatable bonds is 6. The van der Waals surface area contributed by atoms with Crippen molar-refractivity contribution in [2.45, 2.75) is 64.0 Å². The van der Waals surface area contributed by atoms with Crippen LogP contribution in [0.1, 0.15) is 40.0 Å². The SMILES string of the molecule is CC(O)C(C)OC(C)(C#N)CCCC(F)(F)F. The van der Waals surface area contributed by atoms with Crippen LogP contribution in [0.25, 0.3) is 0 Å². The van der Waals surface area contributed by atoms with Crippen LogP contribution in [0.2, 0.25) is 0 Å². The molecule has 3 atom stereocenters. The first-order chi connectivity index (χ1) is 7.59. The molecule has 100 valence electrons. The van der Waals surface area contributed by atoms with Gasteiger partial charge in [-0.1, -0.05) is 0 Å². The summed E-state index contributed by atoms with van der Waals surface area (Å²) in [6, 6.07) is 1.85. The van der Waals surface area contributed by atoms with Crippen molar-refractivity contribution in [2.75, 3.05) is 0 Å². The quantitative estimate of drug-likeness (QED) is 0.791. The second kappa shape index (κ2) is 6.22. The predicted molar refractivity (Wildman–Crippen MR) is 56.2 cm³/mol. The summed E-state index contributed by atoms with van der Waals surface area (Å²) in [6.07, 6.45) is -6.70. The molecule has 0 bridgehead atoms. The molecule has 0 aromatic rings. The third kappa shape index (κ3) is 7.18. The van der Waals surface area contributed by atoms with Gasteiger partial charge in [-0.3, -0.25) is 0 Å². The van der Waals surface area contributed by atoms with Crippen molar-refractivity contribution < 1.29 is 23.0 Å². The van der Waals surface area contributed by atoms with E-state index in [2.05, 4.69) is 0 Å². The Morgan fingerprint density at radius 1 is 1.29 bits per heavy atom. The van der Waals surface area contributed by atoms with Crippen LogP contribution in [-0.4, -0.2) is 29.1 Å². The Bertz CT molecular complexity index is 273. The molecule has 0 aliphatic rings. The van der Waals surface area contributed by atoms with Crippen LogP contribution < -0.4 is 0 Å². The Kier molecular flexibility index (Phi) is 5.93. The number of nitriles is 1. The third-order valence-electron chi connectivity index (χ3n) is 2.48. The van der Waals surface area contributed by atoms with E-state index in [0.29, 0.717) is 0 Å². The van der Waals surface area contributed by atoms with Crippen molar-refractivity contribution in [1.82, 2.24) is 0 Å². The highest BCUT2D eigenvalue weighted by atomic mass is 19.4. The third-order valence-corrected chi connectivity index (χ3v) is 2.48. The van der Waals surface area contributed by atoms with Gasteiger partial charge < -0.3 is 9.84 Å². The first-order valence-corrected chi connectivity index (χ1v) is 5.43. The maximum absolute atomic E-state index is 12.0. The maximum Gasteiger partial charge on any atom is 0.389 e. The molecule has 0 radical (unpaired) electrons. The number of aliphatic hydroxyl groups excluding tert-OH is 1. The van der Waals surface area contributed by atoms with E-state index in [9.17, 15) is 18.3 Å². The molecule has 3 nitrogen and oxygen atoms in total. The molecule has 6 heteroatoms. The van der Waals surface area contributed by atoms with Crippen molar-refractivity contribution in [3.05, 3.63) is 0 Å². The fourth-order valence-corrected chi connectivity index (χ4v) is 1.28. The van der Waals surface area contributed by atoms with E-state index < -0.39 is 30.4 Å². The summed E-state index contributed by atoms with van der Waals surface area (Å²) in [5, 5.41) is 18.1. The standard InChI is InChI=1S/C11H18F3NO2/c1-8(16)9(2)17-10(3,7-15)5-4-6-11(12,13)14/h8-9,16H,4-6H2,1-3H3. The number of halogens is 3. The monoisotopic (exact) mass is 253 g/mol. The average Bonchev–Trinajstić information content (AvgIpc) is 2.15. The highest BCUT2D eigenvalue weighted by molar-refractivity contribution is 4.99. The Hall–Kier alpha value is -0.800. The molecule has 0 spiro atoms. The minimum atomic E-state index is -4.22. The molecule has 0 fully saturated rings. The van der Waals surface area contributed by atoms with E-state index in [1.807, 2.05) is 6.07 Å². The van der Waals surface area contributed by atoms with Crippen LogP contribution >= 0.6 is 0 Å². The molecule has 17 heavy (non-hydrogen) atoms. The molecule has 0 saturated carbocycles. The minimum Gasteiger partial charge on any atom is -0.391 e. The van der Waals surface area contributed by atoms with Gasteiger partial charge in [0.05, 0.1) is 18.3 Å². The largest absolute Gasteiger partial charge is 0.391 e. The zero-order valence-corrected chi connectivity index (χ0v) is 10.2. The highest BCUT2D eigenvalue weighted by Gasteiger charge is 2.32. The Morgan fingerprint density at radius 2 is 1.82 bits per heavy atom. The first-order valence-electron chi connectivity index (χ1n) is 5.43. The number of aliphatic hydroxyl groups is 1. The summed E-state index contributed by atoms with van der Waals surface area (Å²) < 4.78 is 41.2. The Balaban J connectivity index is 4.26. The highest BCUT2D eigenvalue weighted by Crippen LogP contribution is 2.27. The number of hydrogen-bond acceptors (Lipinski definition) is 3. The van der Waals surface area contributed by atoms with E-state index >= 15 is 0 Å². The fraction of sp³-hybridized carbons (Fsp3) is 0.909. The Labute approximate surface area is 99.2 Å². The Morgan fingerprint density at radius 3 is 2.18 bits per heavy atom. The van der Waals surface area contributed by atoms with Crippen molar-refractivity contribution in [3.8, 4) is 6.07 Å². The molecule has 0 saturated heterocycles. The fourth-order valence-electron chi connectivity index (χ4n) is 1.28.